The van der Waals surface area contributed by atoms with Crippen LogP contribution in [0.25, 0.3) is 0 Å². The summed E-state index contributed by atoms with van der Waals surface area (Å²) >= 11 is 0. The first-order chi connectivity index (χ1) is 9.61. The van der Waals surface area contributed by atoms with Crippen molar-refractivity contribution in [2.24, 2.45) is 0 Å². The minimum absolute atomic E-state index is 0.0769. The number of benzene rings is 1. The van der Waals surface area contributed by atoms with Gasteiger partial charge in [0.05, 0.1) is 12.2 Å². The molecule has 20 heavy (non-hydrogen) atoms. The van der Waals surface area contributed by atoms with E-state index in [-0.39, 0.29) is 11.4 Å². The zero-order valence-electron chi connectivity index (χ0n) is 11.0. The Morgan fingerprint density at radius 3 is 2.65 bits per heavy atom. The number of rotatable bonds is 5. The Balaban J connectivity index is 2.27. The van der Waals surface area contributed by atoms with E-state index in [1.165, 1.54) is 24.7 Å². The molecule has 2 aromatic rings. The third-order valence-electron chi connectivity index (χ3n) is 2.94. The first kappa shape index (κ1) is 13.9. The van der Waals surface area contributed by atoms with Gasteiger partial charge in [-0.15, -0.1) is 0 Å². The molecule has 0 fully saturated rings. The minimum atomic E-state index is -1.06. The largest absolute Gasteiger partial charge is 0.478 e. The first-order valence-corrected chi connectivity index (χ1v) is 6.14. The lowest BCUT2D eigenvalue weighted by atomic mass is 10.2. The van der Waals surface area contributed by atoms with Crippen LogP contribution in [-0.4, -0.2) is 27.6 Å². The number of carbonyl (C=O) groups is 1. The van der Waals surface area contributed by atoms with E-state index in [4.69, 9.17) is 5.11 Å². The van der Waals surface area contributed by atoms with Gasteiger partial charge in [-0.25, -0.2) is 19.2 Å². The molecule has 0 saturated carbocycles. The molecule has 0 atom stereocenters. The molecule has 2 rings (SSSR count). The van der Waals surface area contributed by atoms with Crippen LogP contribution in [0.2, 0.25) is 0 Å². The molecule has 1 aromatic heterocycles. The second-order valence-electron chi connectivity index (χ2n) is 4.18. The topological polar surface area (TPSA) is 66.3 Å². The van der Waals surface area contributed by atoms with Gasteiger partial charge in [0.15, 0.2) is 0 Å². The standard InChI is InChI=1S/C14H14FN3O2/c1-2-18(11-5-3-10(15)4-6-11)8-13-12(14(19)20)7-16-9-17-13/h3-7,9H,2,8H2,1H3,(H,19,20). The number of halogens is 1. The van der Waals surface area contributed by atoms with Crippen LogP contribution in [0.1, 0.15) is 23.0 Å². The first-order valence-electron chi connectivity index (χ1n) is 6.14. The lowest BCUT2D eigenvalue weighted by Gasteiger charge is -2.23. The highest BCUT2D eigenvalue weighted by Gasteiger charge is 2.14. The summed E-state index contributed by atoms with van der Waals surface area (Å²) in [5.74, 6) is -1.37. The number of carboxylic acid groups (broad SMARTS) is 1. The Kier molecular flexibility index (Phi) is 4.24. The number of aromatic nitrogens is 2. The molecule has 0 aliphatic rings. The van der Waals surface area contributed by atoms with Gasteiger partial charge in [-0.1, -0.05) is 0 Å². The molecule has 0 unspecified atom stereocenters. The number of hydrogen-bond donors (Lipinski definition) is 1. The predicted molar refractivity (Wildman–Crippen MR) is 72.1 cm³/mol. The Morgan fingerprint density at radius 2 is 2.05 bits per heavy atom. The van der Waals surface area contributed by atoms with E-state index >= 15 is 0 Å². The van der Waals surface area contributed by atoms with Gasteiger partial charge in [0.1, 0.15) is 17.7 Å². The van der Waals surface area contributed by atoms with Gasteiger partial charge in [0, 0.05) is 18.4 Å². The van der Waals surface area contributed by atoms with Crippen molar-refractivity contribution in [1.82, 2.24) is 9.97 Å². The van der Waals surface area contributed by atoms with Crippen LogP contribution in [0.4, 0.5) is 10.1 Å². The van der Waals surface area contributed by atoms with Gasteiger partial charge in [-0.3, -0.25) is 0 Å². The highest BCUT2D eigenvalue weighted by molar-refractivity contribution is 5.88. The quantitative estimate of drug-likeness (QED) is 0.907. The Morgan fingerprint density at radius 1 is 1.35 bits per heavy atom. The fourth-order valence-electron chi connectivity index (χ4n) is 1.88. The lowest BCUT2D eigenvalue weighted by molar-refractivity contribution is 0.0694. The van der Waals surface area contributed by atoms with E-state index in [1.54, 1.807) is 12.1 Å². The summed E-state index contributed by atoms with van der Waals surface area (Å²) in [7, 11) is 0. The molecule has 0 aliphatic heterocycles. The lowest BCUT2D eigenvalue weighted by Crippen LogP contribution is -2.24. The second kappa shape index (κ2) is 6.10. The summed E-state index contributed by atoms with van der Waals surface area (Å²) in [4.78, 5) is 20.8. The van der Waals surface area contributed by atoms with Gasteiger partial charge >= 0.3 is 5.97 Å². The molecule has 0 aliphatic carbocycles. The molecule has 0 bridgehead atoms. The molecule has 1 N–H and O–H groups in total. The molecule has 0 amide bonds. The third kappa shape index (κ3) is 3.09. The highest BCUT2D eigenvalue weighted by Crippen LogP contribution is 2.18. The summed E-state index contributed by atoms with van der Waals surface area (Å²) in [6, 6.07) is 6.05. The van der Waals surface area contributed by atoms with Crippen LogP contribution < -0.4 is 4.90 Å². The monoisotopic (exact) mass is 275 g/mol. The summed E-state index contributed by atoms with van der Waals surface area (Å²) < 4.78 is 12.9. The summed E-state index contributed by atoms with van der Waals surface area (Å²) in [6.45, 7) is 2.91. The van der Waals surface area contributed by atoms with Crippen molar-refractivity contribution in [3.05, 3.63) is 53.9 Å². The molecule has 1 heterocycles. The van der Waals surface area contributed by atoms with E-state index in [0.717, 1.165) is 5.69 Å². The SMILES string of the molecule is CCN(Cc1ncncc1C(=O)O)c1ccc(F)cc1. The van der Waals surface area contributed by atoms with Crippen molar-refractivity contribution in [3.63, 3.8) is 0 Å². The summed E-state index contributed by atoms with van der Waals surface area (Å²) in [5.41, 5.74) is 1.32. The van der Waals surface area contributed by atoms with Gasteiger partial charge in [0.25, 0.3) is 0 Å². The molecule has 0 radical (unpaired) electrons. The maximum atomic E-state index is 12.9. The highest BCUT2D eigenvalue weighted by atomic mass is 19.1. The maximum absolute atomic E-state index is 12.9. The molecule has 1 aromatic carbocycles. The number of carboxylic acids is 1. The average Bonchev–Trinajstić information content (AvgIpc) is 2.46. The molecule has 104 valence electrons. The van der Waals surface area contributed by atoms with Gasteiger partial charge in [-0.05, 0) is 31.2 Å². The minimum Gasteiger partial charge on any atom is -0.478 e. The van der Waals surface area contributed by atoms with Gasteiger partial charge < -0.3 is 10.0 Å². The smallest absolute Gasteiger partial charge is 0.339 e. The number of anilines is 1. The molecule has 6 heteroatoms. The molecular weight excluding hydrogens is 261 g/mol. The Labute approximate surface area is 115 Å². The number of nitrogens with zero attached hydrogens (tertiary/aromatic N) is 3. The van der Waals surface area contributed by atoms with Crippen molar-refractivity contribution in [1.29, 1.82) is 0 Å². The molecular formula is C14H14FN3O2. The van der Waals surface area contributed by atoms with E-state index in [1.807, 2.05) is 11.8 Å². The van der Waals surface area contributed by atoms with Crippen LogP contribution in [0.5, 0.6) is 0 Å². The van der Waals surface area contributed by atoms with Crippen LogP contribution >= 0.6 is 0 Å². The van der Waals surface area contributed by atoms with Crippen LogP contribution in [0.3, 0.4) is 0 Å². The van der Waals surface area contributed by atoms with Crippen molar-refractivity contribution < 1.29 is 14.3 Å². The van der Waals surface area contributed by atoms with Crippen molar-refractivity contribution in [2.75, 3.05) is 11.4 Å². The van der Waals surface area contributed by atoms with Crippen LogP contribution in [-0.2, 0) is 6.54 Å². The van der Waals surface area contributed by atoms with Crippen molar-refractivity contribution >= 4 is 11.7 Å². The summed E-state index contributed by atoms with van der Waals surface area (Å²) in [6.07, 6.45) is 2.60. The van der Waals surface area contributed by atoms with E-state index in [2.05, 4.69) is 9.97 Å². The van der Waals surface area contributed by atoms with E-state index in [9.17, 15) is 9.18 Å². The normalized spacial score (nSPS) is 10.3. The third-order valence-corrected chi connectivity index (χ3v) is 2.94. The fraction of sp³-hybridized carbons (Fsp3) is 0.214. The number of hydrogen-bond acceptors (Lipinski definition) is 4. The zero-order valence-corrected chi connectivity index (χ0v) is 11.0. The number of aromatic carboxylic acids is 1. The van der Waals surface area contributed by atoms with Gasteiger partial charge in [-0.2, -0.15) is 0 Å². The molecule has 5 nitrogen and oxygen atoms in total. The summed E-state index contributed by atoms with van der Waals surface area (Å²) in [5, 5.41) is 9.11. The maximum Gasteiger partial charge on any atom is 0.339 e. The average molecular weight is 275 g/mol. The molecule has 0 spiro atoms. The van der Waals surface area contributed by atoms with Gasteiger partial charge in [0.2, 0.25) is 0 Å². The van der Waals surface area contributed by atoms with E-state index < -0.39 is 5.97 Å². The Hall–Kier alpha value is -2.50. The Bertz CT molecular complexity index is 602. The molecule has 0 saturated heterocycles. The van der Waals surface area contributed by atoms with E-state index in [0.29, 0.717) is 18.8 Å². The van der Waals surface area contributed by atoms with Crippen LogP contribution in [0, 0.1) is 5.82 Å². The fourth-order valence-corrected chi connectivity index (χ4v) is 1.88. The van der Waals surface area contributed by atoms with Crippen LogP contribution in [0.15, 0.2) is 36.8 Å². The zero-order chi connectivity index (χ0) is 14.5. The van der Waals surface area contributed by atoms with Crippen molar-refractivity contribution in [3.8, 4) is 0 Å². The second-order valence-corrected chi connectivity index (χ2v) is 4.18. The van der Waals surface area contributed by atoms with Crippen molar-refractivity contribution in [2.45, 2.75) is 13.5 Å². The predicted octanol–water partition coefficient (Wildman–Crippen LogP) is 2.34.